The highest BCUT2D eigenvalue weighted by Gasteiger charge is 1.93. The van der Waals surface area contributed by atoms with E-state index >= 15 is 0 Å². The van der Waals surface area contributed by atoms with Gasteiger partial charge in [-0.3, -0.25) is 4.84 Å². The van der Waals surface area contributed by atoms with Crippen LogP contribution in [0.1, 0.15) is 63.9 Å². The Balaban J connectivity index is 1.79. The molecule has 0 aromatic heterocycles. The van der Waals surface area contributed by atoms with Gasteiger partial charge < -0.3 is 0 Å². The zero-order chi connectivity index (χ0) is 13.6. The summed E-state index contributed by atoms with van der Waals surface area (Å²) in [6.45, 7) is 3.88. The van der Waals surface area contributed by atoms with Gasteiger partial charge in [0.1, 0.15) is 0 Å². The Kier molecular flexibility index (Phi) is 10.4. The number of hydroxylamine groups is 1. The van der Waals surface area contributed by atoms with Crippen molar-refractivity contribution in [2.24, 2.45) is 0 Å². The summed E-state index contributed by atoms with van der Waals surface area (Å²) in [5.74, 6) is 0. The Morgan fingerprint density at radius 2 is 1.47 bits per heavy atom. The number of hydrogen-bond acceptors (Lipinski definition) is 2. The van der Waals surface area contributed by atoms with Crippen LogP contribution < -0.4 is 5.48 Å². The number of hydrogen-bond donors (Lipinski definition) is 1. The molecule has 0 aliphatic heterocycles. The number of unbranched alkanes of at least 4 members (excludes halogenated alkanes) is 7. The maximum absolute atomic E-state index is 5.43. The van der Waals surface area contributed by atoms with E-state index in [1.807, 2.05) is 18.2 Å². The lowest BCUT2D eigenvalue weighted by Gasteiger charge is -2.06. The van der Waals surface area contributed by atoms with E-state index in [0.29, 0.717) is 6.61 Å². The molecule has 1 N–H and O–H groups in total. The Bertz CT molecular complexity index is 287. The van der Waals surface area contributed by atoms with Crippen LogP contribution in [-0.4, -0.2) is 6.54 Å². The van der Waals surface area contributed by atoms with Gasteiger partial charge >= 0.3 is 0 Å². The molecule has 1 rings (SSSR count). The normalized spacial score (nSPS) is 10.8. The van der Waals surface area contributed by atoms with Crippen molar-refractivity contribution in [1.29, 1.82) is 0 Å². The molecule has 0 saturated heterocycles. The van der Waals surface area contributed by atoms with Crippen molar-refractivity contribution >= 4 is 0 Å². The third-order valence-corrected chi connectivity index (χ3v) is 3.32. The van der Waals surface area contributed by atoms with Crippen molar-refractivity contribution in [2.75, 3.05) is 6.54 Å². The molecule has 0 spiro atoms. The van der Waals surface area contributed by atoms with Gasteiger partial charge in [0.2, 0.25) is 0 Å². The standard InChI is InChI=1S/C17H29NO/c1-2-3-4-5-6-7-8-12-15-18-19-16-17-13-10-9-11-14-17/h9-11,13-14,18H,2-8,12,15-16H2,1H3. The zero-order valence-electron chi connectivity index (χ0n) is 12.4. The third kappa shape index (κ3) is 9.69. The summed E-state index contributed by atoms with van der Waals surface area (Å²) in [5, 5.41) is 0. The maximum atomic E-state index is 5.43. The van der Waals surface area contributed by atoms with Crippen LogP contribution in [0.5, 0.6) is 0 Å². The monoisotopic (exact) mass is 263 g/mol. The summed E-state index contributed by atoms with van der Waals surface area (Å²) in [6, 6.07) is 10.3. The van der Waals surface area contributed by atoms with Crippen molar-refractivity contribution < 1.29 is 4.84 Å². The second kappa shape index (κ2) is 12.2. The van der Waals surface area contributed by atoms with Crippen molar-refractivity contribution in [1.82, 2.24) is 5.48 Å². The fraction of sp³-hybridized carbons (Fsp3) is 0.647. The summed E-state index contributed by atoms with van der Waals surface area (Å²) >= 11 is 0. The predicted molar refractivity (Wildman–Crippen MR) is 81.8 cm³/mol. The van der Waals surface area contributed by atoms with Crippen LogP contribution in [-0.2, 0) is 11.4 Å². The predicted octanol–water partition coefficient (Wildman–Crippen LogP) is 4.85. The Morgan fingerprint density at radius 3 is 2.16 bits per heavy atom. The molecule has 19 heavy (non-hydrogen) atoms. The van der Waals surface area contributed by atoms with E-state index in [9.17, 15) is 0 Å². The molecule has 1 aromatic carbocycles. The van der Waals surface area contributed by atoms with Gasteiger partial charge in [0.25, 0.3) is 0 Å². The minimum atomic E-state index is 0.651. The second-order valence-corrected chi connectivity index (χ2v) is 5.14. The Morgan fingerprint density at radius 1 is 0.842 bits per heavy atom. The van der Waals surface area contributed by atoms with Crippen molar-refractivity contribution in [2.45, 2.75) is 64.9 Å². The summed E-state index contributed by atoms with van der Waals surface area (Å²) in [6.07, 6.45) is 10.8. The molecule has 0 fully saturated rings. The number of rotatable bonds is 12. The fourth-order valence-electron chi connectivity index (χ4n) is 2.11. The average molecular weight is 263 g/mol. The molecule has 0 saturated carbocycles. The first-order valence-electron chi connectivity index (χ1n) is 7.82. The maximum Gasteiger partial charge on any atom is 0.0933 e. The van der Waals surface area contributed by atoms with Crippen molar-refractivity contribution in [3.05, 3.63) is 35.9 Å². The number of nitrogens with one attached hydrogen (secondary N) is 1. The van der Waals surface area contributed by atoms with Crippen LogP contribution in [0.4, 0.5) is 0 Å². The second-order valence-electron chi connectivity index (χ2n) is 5.14. The molecule has 0 radical (unpaired) electrons. The summed E-state index contributed by atoms with van der Waals surface area (Å²) in [4.78, 5) is 5.43. The fourth-order valence-corrected chi connectivity index (χ4v) is 2.11. The lowest BCUT2D eigenvalue weighted by atomic mass is 10.1. The summed E-state index contributed by atoms with van der Waals surface area (Å²) < 4.78 is 0. The molecule has 0 aliphatic rings. The van der Waals surface area contributed by atoms with Gasteiger partial charge in [-0.25, -0.2) is 5.48 Å². The quantitative estimate of drug-likeness (QED) is 0.430. The van der Waals surface area contributed by atoms with Gasteiger partial charge in [0.05, 0.1) is 6.61 Å². The van der Waals surface area contributed by atoms with Crippen LogP contribution in [0.2, 0.25) is 0 Å². The molecule has 2 nitrogen and oxygen atoms in total. The number of benzene rings is 1. The van der Waals surface area contributed by atoms with Crippen molar-refractivity contribution in [3.8, 4) is 0 Å². The van der Waals surface area contributed by atoms with Gasteiger partial charge in [-0.2, -0.15) is 0 Å². The Hall–Kier alpha value is -0.860. The first-order valence-corrected chi connectivity index (χ1v) is 7.82. The lowest BCUT2D eigenvalue weighted by Crippen LogP contribution is -2.15. The topological polar surface area (TPSA) is 21.3 Å². The third-order valence-electron chi connectivity index (χ3n) is 3.32. The van der Waals surface area contributed by atoms with E-state index in [4.69, 9.17) is 4.84 Å². The smallest absolute Gasteiger partial charge is 0.0933 e. The SMILES string of the molecule is CCCCCCCCCCNOCc1ccccc1. The largest absolute Gasteiger partial charge is 0.297 e. The van der Waals surface area contributed by atoms with Gasteiger partial charge in [0, 0.05) is 6.54 Å². The molecule has 0 atom stereocenters. The molecule has 0 amide bonds. The van der Waals surface area contributed by atoms with E-state index in [-0.39, 0.29) is 0 Å². The van der Waals surface area contributed by atoms with Crippen molar-refractivity contribution in [3.63, 3.8) is 0 Å². The molecule has 0 aliphatic carbocycles. The van der Waals surface area contributed by atoms with E-state index in [1.54, 1.807) is 0 Å². The van der Waals surface area contributed by atoms with Crippen LogP contribution in [0.25, 0.3) is 0 Å². The molecule has 0 bridgehead atoms. The molecular weight excluding hydrogens is 234 g/mol. The van der Waals surface area contributed by atoms with E-state index in [2.05, 4.69) is 24.5 Å². The highest BCUT2D eigenvalue weighted by molar-refractivity contribution is 5.13. The average Bonchev–Trinajstić information content (AvgIpc) is 2.46. The zero-order valence-corrected chi connectivity index (χ0v) is 12.4. The van der Waals surface area contributed by atoms with Crippen LogP contribution in [0.3, 0.4) is 0 Å². The minimum absolute atomic E-state index is 0.651. The Labute approximate surface area is 118 Å². The van der Waals surface area contributed by atoms with Crippen LogP contribution in [0.15, 0.2) is 30.3 Å². The highest BCUT2D eigenvalue weighted by atomic mass is 16.6. The van der Waals surface area contributed by atoms with Crippen LogP contribution in [0, 0.1) is 0 Å². The highest BCUT2D eigenvalue weighted by Crippen LogP contribution is 2.07. The molecule has 1 aromatic rings. The minimum Gasteiger partial charge on any atom is -0.297 e. The molecular formula is C17H29NO. The van der Waals surface area contributed by atoms with Crippen LogP contribution >= 0.6 is 0 Å². The molecule has 0 heterocycles. The molecule has 2 heteroatoms. The van der Waals surface area contributed by atoms with Gasteiger partial charge in [0.15, 0.2) is 0 Å². The molecule has 108 valence electrons. The lowest BCUT2D eigenvalue weighted by molar-refractivity contribution is 0.0272. The van der Waals surface area contributed by atoms with E-state index in [0.717, 1.165) is 6.54 Å². The van der Waals surface area contributed by atoms with E-state index in [1.165, 1.54) is 56.9 Å². The van der Waals surface area contributed by atoms with Gasteiger partial charge in [-0.15, -0.1) is 0 Å². The summed E-state index contributed by atoms with van der Waals surface area (Å²) in [7, 11) is 0. The molecule has 0 unspecified atom stereocenters. The first-order chi connectivity index (χ1) is 9.43. The van der Waals surface area contributed by atoms with Gasteiger partial charge in [-0.1, -0.05) is 82.2 Å². The summed E-state index contributed by atoms with van der Waals surface area (Å²) in [5.41, 5.74) is 4.26. The van der Waals surface area contributed by atoms with Gasteiger partial charge in [-0.05, 0) is 12.0 Å². The van der Waals surface area contributed by atoms with E-state index < -0.39 is 0 Å². The first kappa shape index (κ1) is 16.2.